The largest absolute Gasteiger partial charge is 0.368 e. The first-order chi connectivity index (χ1) is 12.0. The molecular weight excluding hydrogens is 320 g/mol. The molecular formula is C17H24N6O2. The van der Waals surface area contributed by atoms with E-state index in [1.165, 1.54) is 0 Å². The molecule has 3 heterocycles. The number of nitrogens with two attached hydrogens (primary N) is 1. The fourth-order valence-electron chi connectivity index (χ4n) is 3.35. The number of aromatic nitrogens is 4. The van der Waals surface area contributed by atoms with Gasteiger partial charge in [-0.05, 0) is 25.8 Å². The Morgan fingerprint density at radius 2 is 2.20 bits per heavy atom. The number of likely N-dealkylation sites (tertiary alicyclic amines) is 1. The first-order valence-electron chi connectivity index (χ1n) is 8.60. The molecule has 2 amide bonds. The topological polar surface area (TPSA) is 99.0 Å². The van der Waals surface area contributed by atoms with Crippen molar-refractivity contribution in [2.75, 3.05) is 13.1 Å². The summed E-state index contributed by atoms with van der Waals surface area (Å²) in [7, 11) is 0. The van der Waals surface area contributed by atoms with E-state index in [-0.39, 0.29) is 18.4 Å². The van der Waals surface area contributed by atoms with Gasteiger partial charge >= 0.3 is 0 Å². The fraction of sp³-hybridized carbons (Fsp3) is 0.529. The van der Waals surface area contributed by atoms with E-state index < -0.39 is 5.91 Å². The van der Waals surface area contributed by atoms with E-state index in [2.05, 4.69) is 10.1 Å². The third kappa shape index (κ3) is 4.26. The second-order valence-electron chi connectivity index (χ2n) is 6.53. The van der Waals surface area contributed by atoms with Gasteiger partial charge in [0, 0.05) is 50.6 Å². The average molecular weight is 344 g/mol. The second kappa shape index (κ2) is 7.50. The minimum absolute atomic E-state index is 0.123. The van der Waals surface area contributed by atoms with Crippen LogP contribution in [-0.4, -0.2) is 49.1 Å². The van der Waals surface area contributed by atoms with Crippen molar-refractivity contribution < 1.29 is 9.59 Å². The van der Waals surface area contributed by atoms with Crippen LogP contribution in [0.2, 0.25) is 0 Å². The van der Waals surface area contributed by atoms with Crippen LogP contribution >= 0.6 is 0 Å². The van der Waals surface area contributed by atoms with Crippen LogP contribution < -0.4 is 5.73 Å². The lowest BCUT2D eigenvalue weighted by molar-refractivity contribution is -0.132. The van der Waals surface area contributed by atoms with E-state index in [4.69, 9.17) is 5.73 Å². The van der Waals surface area contributed by atoms with Crippen molar-refractivity contribution >= 4 is 11.8 Å². The zero-order valence-corrected chi connectivity index (χ0v) is 14.5. The number of hydrogen-bond acceptors (Lipinski definition) is 4. The Bertz CT molecular complexity index is 750. The van der Waals surface area contributed by atoms with E-state index >= 15 is 0 Å². The summed E-state index contributed by atoms with van der Waals surface area (Å²) >= 11 is 0. The standard InChI is InChI=1S/C17H24N6O2/c1-13-4-8-23(20-13)9-5-16(25)21-7-2-3-14(11-21)17-19-6-10-22(17)12-15(18)24/h4,6,8,10,14H,2-3,5,7,9,11-12H2,1H3,(H2,18,24)/t14-/m0/s1. The van der Waals surface area contributed by atoms with Crippen molar-refractivity contribution in [2.24, 2.45) is 5.73 Å². The van der Waals surface area contributed by atoms with Gasteiger partial charge in [-0.3, -0.25) is 14.3 Å². The lowest BCUT2D eigenvalue weighted by Crippen LogP contribution is -2.40. The van der Waals surface area contributed by atoms with Crippen molar-refractivity contribution in [3.63, 3.8) is 0 Å². The van der Waals surface area contributed by atoms with Gasteiger partial charge in [0.2, 0.25) is 11.8 Å². The Morgan fingerprint density at radius 3 is 2.92 bits per heavy atom. The molecule has 3 rings (SSSR count). The zero-order valence-electron chi connectivity index (χ0n) is 14.5. The van der Waals surface area contributed by atoms with Crippen LogP contribution in [0.15, 0.2) is 24.7 Å². The highest BCUT2D eigenvalue weighted by Gasteiger charge is 2.27. The molecule has 1 saturated heterocycles. The number of primary amides is 1. The summed E-state index contributed by atoms with van der Waals surface area (Å²) in [5, 5.41) is 4.31. The van der Waals surface area contributed by atoms with E-state index in [0.717, 1.165) is 30.9 Å². The minimum atomic E-state index is -0.391. The number of hydrogen-bond donors (Lipinski definition) is 1. The Labute approximate surface area is 146 Å². The number of imidazole rings is 1. The molecule has 134 valence electrons. The summed E-state index contributed by atoms with van der Waals surface area (Å²) in [6.45, 7) is 4.04. The van der Waals surface area contributed by atoms with E-state index in [1.807, 2.05) is 24.1 Å². The van der Waals surface area contributed by atoms with Gasteiger partial charge in [0.05, 0.1) is 5.69 Å². The summed E-state index contributed by atoms with van der Waals surface area (Å²) in [4.78, 5) is 30.0. The Hall–Kier alpha value is -2.64. The third-order valence-corrected chi connectivity index (χ3v) is 4.54. The summed E-state index contributed by atoms with van der Waals surface area (Å²) in [5.41, 5.74) is 6.24. The van der Waals surface area contributed by atoms with Crippen LogP contribution in [0.3, 0.4) is 0 Å². The number of amides is 2. The van der Waals surface area contributed by atoms with E-state index in [0.29, 0.717) is 19.5 Å². The summed E-state index contributed by atoms with van der Waals surface area (Å²) < 4.78 is 3.59. The van der Waals surface area contributed by atoms with Gasteiger partial charge in [0.25, 0.3) is 0 Å². The van der Waals surface area contributed by atoms with Gasteiger partial charge in [-0.15, -0.1) is 0 Å². The first kappa shape index (κ1) is 17.2. The average Bonchev–Trinajstić information content (AvgIpc) is 3.21. The maximum atomic E-state index is 12.5. The highest BCUT2D eigenvalue weighted by atomic mass is 16.2. The molecule has 0 spiro atoms. The summed E-state index contributed by atoms with van der Waals surface area (Å²) in [5.74, 6) is 0.710. The highest BCUT2D eigenvalue weighted by molar-refractivity contribution is 5.76. The molecule has 2 aromatic heterocycles. The van der Waals surface area contributed by atoms with Crippen LogP contribution in [0.1, 0.15) is 36.7 Å². The maximum Gasteiger partial charge on any atom is 0.237 e. The van der Waals surface area contributed by atoms with E-state index in [9.17, 15) is 9.59 Å². The predicted octanol–water partition coefficient (Wildman–Crippen LogP) is 0.670. The lowest BCUT2D eigenvalue weighted by Gasteiger charge is -2.32. The van der Waals surface area contributed by atoms with Gasteiger partial charge in [0.1, 0.15) is 12.4 Å². The molecule has 0 aromatic carbocycles. The Morgan fingerprint density at radius 1 is 1.36 bits per heavy atom. The second-order valence-corrected chi connectivity index (χ2v) is 6.53. The molecule has 0 radical (unpaired) electrons. The third-order valence-electron chi connectivity index (χ3n) is 4.54. The normalized spacial score (nSPS) is 17.6. The number of aryl methyl sites for hydroxylation is 2. The first-order valence-corrected chi connectivity index (χ1v) is 8.60. The Balaban J connectivity index is 1.60. The van der Waals surface area contributed by atoms with E-state index in [1.54, 1.807) is 21.6 Å². The molecule has 2 aromatic rings. The zero-order chi connectivity index (χ0) is 17.8. The smallest absolute Gasteiger partial charge is 0.237 e. The highest BCUT2D eigenvalue weighted by Crippen LogP contribution is 2.26. The fourth-order valence-corrected chi connectivity index (χ4v) is 3.35. The van der Waals surface area contributed by atoms with Gasteiger partial charge in [-0.25, -0.2) is 4.98 Å². The van der Waals surface area contributed by atoms with Crippen molar-refractivity contribution in [1.29, 1.82) is 0 Å². The molecule has 1 aliphatic heterocycles. The van der Waals surface area contributed by atoms with Crippen LogP contribution in [-0.2, 0) is 22.7 Å². The molecule has 0 saturated carbocycles. The molecule has 1 atom stereocenters. The summed E-state index contributed by atoms with van der Waals surface area (Å²) in [6, 6.07) is 1.93. The Kier molecular flexibility index (Phi) is 5.16. The number of nitrogens with zero attached hydrogens (tertiary/aromatic N) is 5. The van der Waals surface area contributed by atoms with Crippen LogP contribution in [0.25, 0.3) is 0 Å². The SMILES string of the molecule is Cc1ccn(CCC(=O)N2CCC[C@H](c3nccn3CC(N)=O)C2)n1. The van der Waals surface area contributed by atoms with Crippen molar-refractivity contribution in [2.45, 2.75) is 45.2 Å². The monoisotopic (exact) mass is 344 g/mol. The van der Waals surface area contributed by atoms with Crippen molar-refractivity contribution in [3.05, 3.63) is 36.2 Å². The van der Waals surface area contributed by atoms with Crippen molar-refractivity contribution in [3.8, 4) is 0 Å². The molecule has 25 heavy (non-hydrogen) atoms. The van der Waals surface area contributed by atoms with Crippen LogP contribution in [0.5, 0.6) is 0 Å². The molecule has 8 nitrogen and oxygen atoms in total. The van der Waals surface area contributed by atoms with Crippen LogP contribution in [0.4, 0.5) is 0 Å². The molecule has 0 bridgehead atoms. The maximum absolute atomic E-state index is 12.5. The quantitative estimate of drug-likeness (QED) is 0.832. The number of carbonyl (C=O) groups is 2. The number of piperidine rings is 1. The van der Waals surface area contributed by atoms with Gasteiger partial charge in [-0.2, -0.15) is 5.10 Å². The lowest BCUT2D eigenvalue weighted by atomic mass is 9.96. The molecule has 1 aliphatic rings. The van der Waals surface area contributed by atoms with Crippen molar-refractivity contribution in [1.82, 2.24) is 24.2 Å². The molecule has 1 fully saturated rings. The minimum Gasteiger partial charge on any atom is -0.368 e. The number of carbonyl (C=O) groups excluding carboxylic acids is 2. The molecule has 0 aliphatic carbocycles. The van der Waals surface area contributed by atoms with Gasteiger partial charge < -0.3 is 15.2 Å². The predicted molar refractivity (Wildman–Crippen MR) is 91.6 cm³/mol. The number of rotatable bonds is 6. The van der Waals surface area contributed by atoms with Gasteiger partial charge in [-0.1, -0.05) is 0 Å². The molecule has 0 unspecified atom stereocenters. The molecule has 8 heteroatoms. The van der Waals surface area contributed by atoms with Gasteiger partial charge in [0.15, 0.2) is 0 Å². The summed E-state index contributed by atoms with van der Waals surface area (Å²) in [6.07, 6.45) is 7.66. The molecule has 2 N–H and O–H groups in total. The van der Waals surface area contributed by atoms with Crippen LogP contribution in [0, 0.1) is 6.92 Å².